The summed E-state index contributed by atoms with van der Waals surface area (Å²) < 4.78 is 24.9. The summed E-state index contributed by atoms with van der Waals surface area (Å²) in [7, 11) is -3.15. The van der Waals surface area contributed by atoms with E-state index in [1.54, 1.807) is 0 Å². The number of anilines is 1. The Morgan fingerprint density at radius 1 is 1.38 bits per heavy atom. The van der Waals surface area contributed by atoms with E-state index in [2.05, 4.69) is 16.7 Å². The van der Waals surface area contributed by atoms with Crippen molar-refractivity contribution in [3.63, 3.8) is 0 Å². The van der Waals surface area contributed by atoms with Crippen molar-refractivity contribution in [1.29, 1.82) is 0 Å². The first-order valence-corrected chi connectivity index (χ1v) is 10.4. The number of sulfonamides is 1. The number of para-hydroxylation sites is 1. The fourth-order valence-electron chi connectivity index (χ4n) is 3.53. The second kappa shape index (κ2) is 7.11. The first kappa shape index (κ1) is 17.2. The molecule has 0 unspecified atom stereocenters. The smallest absolute Gasteiger partial charge is 0.253 e. The molecule has 2 heterocycles. The molecule has 1 atom stereocenters. The number of nitrogens with one attached hydrogen (secondary N) is 2. The van der Waals surface area contributed by atoms with Crippen molar-refractivity contribution in [1.82, 2.24) is 9.62 Å². The van der Waals surface area contributed by atoms with Crippen LogP contribution in [-0.4, -0.2) is 51.1 Å². The van der Waals surface area contributed by atoms with Gasteiger partial charge in [0.05, 0.1) is 17.5 Å². The monoisotopic (exact) mass is 351 g/mol. The summed E-state index contributed by atoms with van der Waals surface area (Å²) >= 11 is 0. The number of nitrogens with zero attached hydrogens (tertiary/aromatic N) is 1. The van der Waals surface area contributed by atoms with E-state index in [1.165, 1.54) is 16.1 Å². The Labute approximate surface area is 143 Å². The Morgan fingerprint density at radius 2 is 2.21 bits per heavy atom. The van der Waals surface area contributed by atoms with Gasteiger partial charge in [-0.3, -0.25) is 4.79 Å². The van der Waals surface area contributed by atoms with Crippen LogP contribution in [-0.2, 0) is 16.4 Å². The van der Waals surface area contributed by atoms with Gasteiger partial charge in [-0.05, 0) is 43.2 Å². The molecular formula is C17H25N3O3S. The zero-order chi connectivity index (χ0) is 17.2. The minimum absolute atomic E-state index is 0.0854. The lowest BCUT2D eigenvalue weighted by Crippen LogP contribution is -2.43. The van der Waals surface area contributed by atoms with Crippen LogP contribution in [0.4, 0.5) is 5.69 Å². The number of benzene rings is 1. The molecular weight excluding hydrogens is 326 g/mol. The molecule has 7 heteroatoms. The van der Waals surface area contributed by atoms with Crippen molar-refractivity contribution in [2.75, 3.05) is 37.8 Å². The number of fused-ring (bicyclic) bond motifs is 1. The van der Waals surface area contributed by atoms with Crippen molar-refractivity contribution >= 4 is 21.6 Å². The van der Waals surface area contributed by atoms with Gasteiger partial charge < -0.3 is 10.6 Å². The summed E-state index contributed by atoms with van der Waals surface area (Å²) in [5.41, 5.74) is 2.82. The molecule has 2 N–H and O–H groups in total. The standard InChI is InChI=1S/C17H25N3O3S/c1-24(22,23)20-10-4-5-13(12-20)11-19-17(21)15-8-2-6-14-7-3-9-18-16(14)15/h2,6,8,13,18H,3-5,7,9-12H2,1H3,(H,19,21)/t13-/m0/s1. The van der Waals surface area contributed by atoms with Crippen molar-refractivity contribution in [3.05, 3.63) is 29.3 Å². The van der Waals surface area contributed by atoms with Crippen LogP contribution in [0.5, 0.6) is 0 Å². The van der Waals surface area contributed by atoms with Gasteiger partial charge in [-0.25, -0.2) is 12.7 Å². The van der Waals surface area contributed by atoms with Crippen LogP contribution in [0.25, 0.3) is 0 Å². The molecule has 1 aromatic carbocycles. The fraction of sp³-hybridized carbons (Fsp3) is 0.588. The van der Waals surface area contributed by atoms with Crippen LogP contribution in [0.15, 0.2) is 18.2 Å². The molecule has 132 valence electrons. The molecule has 1 amide bonds. The van der Waals surface area contributed by atoms with E-state index in [0.717, 1.165) is 37.9 Å². The van der Waals surface area contributed by atoms with Crippen LogP contribution >= 0.6 is 0 Å². The molecule has 0 saturated carbocycles. The average molecular weight is 351 g/mol. The van der Waals surface area contributed by atoms with Gasteiger partial charge >= 0.3 is 0 Å². The van der Waals surface area contributed by atoms with E-state index in [-0.39, 0.29) is 11.8 Å². The van der Waals surface area contributed by atoms with E-state index < -0.39 is 10.0 Å². The maximum Gasteiger partial charge on any atom is 0.253 e. The minimum atomic E-state index is -3.15. The number of piperidine rings is 1. The average Bonchev–Trinajstić information content (AvgIpc) is 2.58. The number of carbonyl (C=O) groups is 1. The van der Waals surface area contributed by atoms with Crippen LogP contribution in [0.3, 0.4) is 0 Å². The summed E-state index contributed by atoms with van der Waals surface area (Å²) in [5, 5.41) is 6.32. The first-order valence-electron chi connectivity index (χ1n) is 8.54. The molecule has 1 saturated heterocycles. The van der Waals surface area contributed by atoms with E-state index in [1.807, 2.05) is 12.1 Å². The summed E-state index contributed by atoms with van der Waals surface area (Å²) in [6, 6.07) is 5.83. The van der Waals surface area contributed by atoms with Gasteiger partial charge in [0, 0.05) is 26.2 Å². The lowest BCUT2D eigenvalue weighted by molar-refractivity contribution is 0.0942. The van der Waals surface area contributed by atoms with E-state index in [4.69, 9.17) is 0 Å². The molecule has 0 aromatic heterocycles. The number of rotatable bonds is 4. The highest BCUT2D eigenvalue weighted by Gasteiger charge is 2.26. The first-order chi connectivity index (χ1) is 11.4. The fourth-order valence-corrected chi connectivity index (χ4v) is 4.47. The number of aryl methyl sites for hydroxylation is 1. The Bertz CT molecular complexity index is 718. The van der Waals surface area contributed by atoms with Crippen molar-refractivity contribution < 1.29 is 13.2 Å². The Morgan fingerprint density at radius 3 is 3.00 bits per heavy atom. The van der Waals surface area contributed by atoms with Crippen LogP contribution in [0, 0.1) is 5.92 Å². The third kappa shape index (κ3) is 3.89. The summed E-state index contributed by atoms with van der Waals surface area (Å²) in [6.07, 6.45) is 5.11. The molecule has 2 aliphatic rings. The van der Waals surface area contributed by atoms with E-state index in [0.29, 0.717) is 25.2 Å². The summed E-state index contributed by atoms with van der Waals surface area (Å²) in [6.45, 7) is 2.47. The maximum absolute atomic E-state index is 12.6. The zero-order valence-corrected chi connectivity index (χ0v) is 14.9. The summed E-state index contributed by atoms with van der Waals surface area (Å²) in [5.74, 6) is 0.0858. The summed E-state index contributed by atoms with van der Waals surface area (Å²) in [4.78, 5) is 12.6. The van der Waals surface area contributed by atoms with Gasteiger partial charge in [0.15, 0.2) is 0 Å². The molecule has 6 nitrogen and oxygen atoms in total. The van der Waals surface area contributed by atoms with Crippen LogP contribution in [0.2, 0.25) is 0 Å². The van der Waals surface area contributed by atoms with Gasteiger partial charge in [-0.2, -0.15) is 0 Å². The maximum atomic E-state index is 12.6. The predicted octanol–water partition coefficient (Wildman–Crippen LogP) is 1.45. The molecule has 2 aliphatic heterocycles. The van der Waals surface area contributed by atoms with Gasteiger partial charge in [-0.1, -0.05) is 12.1 Å². The highest BCUT2D eigenvalue weighted by Crippen LogP contribution is 2.26. The van der Waals surface area contributed by atoms with Gasteiger partial charge in [0.2, 0.25) is 10.0 Å². The Kier molecular flexibility index (Phi) is 5.10. The molecule has 1 aromatic rings. The highest BCUT2D eigenvalue weighted by atomic mass is 32.2. The predicted molar refractivity (Wildman–Crippen MR) is 94.7 cm³/mol. The van der Waals surface area contributed by atoms with Gasteiger partial charge in [0.1, 0.15) is 0 Å². The highest BCUT2D eigenvalue weighted by molar-refractivity contribution is 7.88. The number of amides is 1. The lowest BCUT2D eigenvalue weighted by atomic mass is 9.98. The van der Waals surface area contributed by atoms with Crippen LogP contribution in [0.1, 0.15) is 35.2 Å². The number of hydrogen-bond donors (Lipinski definition) is 2. The molecule has 0 radical (unpaired) electrons. The molecule has 0 spiro atoms. The quantitative estimate of drug-likeness (QED) is 0.860. The molecule has 0 aliphatic carbocycles. The Hall–Kier alpha value is -1.60. The van der Waals surface area contributed by atoms with Crippen molar-refractivity contribution in [3.8, 4) is 0 Å². The minimum Gasteiger partial charge on any atom is -0.384 e. The Balaban J connectivity index is 1.62. The van der Waals surface area contributed by atoms with E-state index in [9.17, 15) is 13.2 Å². The molecule has 1 fully saturated rings. The lowest BCUT2D eigenvalue weighted by Gasteiger charge is -2.31. The zero-order valence-electron chi connectivity index (χ0n) is 14.0. The second-order valence-corrected chi connectivity index (χ2v) is 8.69. The van der Waals surface area contributed by atoms with Crippen LogP contribution < -0.4 is 10.6 Å². The number of carbonyl (C=O) groups excluding carboxylic acids is 1. The number of hydrogen-bond acceptors (Lipinski definition) is 4. The molecule has 24 heavy (non-hydrogen) atoms. The third-order valence-electron chi connectivity index (χ3n) is 4.82. The second-order valence-electron chi connectivity index (χ2n) is 6.71. The normalized spacial score (nSPS) is 21.6. The molecule has 0 bridgehead atoms. The van der Waals surface area contributed by atoms with E-state index >= 15 is 0 Å². The molecule has 3 rings (SSSR count). The van der Waals surface area contributed by atoms with Crippen molar-refractivity contribution in [2.24, 2.45) is 5.92 Å². The largest absolute Gasteiger partial charge is 0.384 e. The van der Waals surface area contributed by atoms with Gasteiger partial charge in [0.25, 0.3) is 5.91 Å². The van der Waals surface area contributed by atoms with Crippen molar-refractivity contribution in [2.45, 2.75) is 25.7 Å². The van der Waals surface area contributed by atoms with Gasteiger partial charge in [-0.15, -0.1) is 0 Å². The topological polar surface area (TPSA) is 78.5 Å². The SMILES string of the molecule is CS(=O)(=O)N1CCC[C@@H](CNC(=O)c2cccc3c2NCCC3)C1. The third-order valence-corrected chi connectivity index (χ3v) is 6.09.